The number of hydrogen-bond acceptors (Lipinski definition) is 4. The van der Waals surface area contributed by atoms with E-state index in [1.807, 2.05) is 36.4 Å². The van der Waals surface area contributed by atoms with Crippen LogP contribution in [0.15, 0.2) is 36.4 Å². The Morgan fingerprint density at radius 3 is 2.68 bits per heavy atom. The van der Waals surface area contributed by atoms with Crippen LogP contribution in [0.5, 0.6) is 17.2 Å². The predicted molar refractivity (Wildman–Crippen MR) is 85.8 cm³/mol. The molecule has 22 heavy (non-hydrogen) atoms. The van der Waals surface area contributed by atoms with Crippen molar-refractivity contribution < 1.29 is 14.6 Å². The van der Waals surface area contributed by atoms with Gasteiger partial charge in [0.05, 0.1) is 19.8 Å². The van der Waals surface area contributed by atoms with Crippen LogP contribution in [0.25, 0.3) is 0 Å². The number of phenolic OH excluding ortho intramolecular Hbond substituents is 1. The lowest BCUT2D eigenvalue weighted by Crippen LogP contribution is -2.45. The lowest BCUT2D eigenvalue weighted by atomic mass is 9.78. The van der Waals surface area contributed by atoms with Gasteiger partial charge in [0.1, 0.15) is 5.75 Å². The van der Waals surface area contributed by atoms with Gasteiger partial charge in [0.25, 0.3) is 0 Å². The Balaban J connectivity index is 2.21. The van der Waals surface area contributed by atoms with Crippen molar-refractivity contribution in [2.24, 2.45) is 0 Å². The quantitative estimate of drug-likeness (QED) is 0.915. The summed E-state index contributed by atoms with van der Waals surface area (Å²) >= 11 is 0. The zero-order valence-corrected chi connectivity index (χ0v) is 13.1. The fourth-order valence-electron chi connectivity index (χ4n) is 3.26. The predicted octanol–water partition coefficient (Wildman–Crippen LogP) is 2.82. The number of benzene rings is 2. The van der Waals surface area contributed by atoms with Gasteiger partial charge in [-0.05, 0) is 42.7 Å². The Hall–Kier alpha value is -2.20. The van der Waals surface area contributed by atoms with E-state index in [0.29, 0.717) is 5.75 Å². The standard InChI is InChI=1S/C18H21NO3/c1-18(13-5-4-6-14(11-13)21-2)16-12(9-10-19-18)7-8-15(22-3)17(16)20/h4-8,11,19-20H,9-10H2,1-3H3. The summed E-state index contributed by atoms with van der Waals surface area (Å²) in [6.45, 7) is 2.94. The number of phenols is 1. The molecule has 2 aromatic carbocycles. The second-order valence-electron chi connectivity index (χ2n) is 5.68. The van der Waals surface area contributed by atoms with E-state index < -0.39 is 5.54 Å². The Morgan fingerprint density at radius 1 is 1.14 bits per heavy atom. The van der Waals surface area contributed by atoms with Crippen LogP contribution in [0.4, 0.5) is 0 Å². The van der Waals surface area contributed by atoms with Crippen molar-refractivity contribution >= 4 is 0 Å². The first-order chi connectivity index (χ1) is 10.6. The second-order valence-corrected chi connectivity index (χ2v) is 5.68. The zero-order chi connectivity index (χ0) is 15.7. The molecule has 2 N–H and O–H groups in total. The number of nitrogens with one attached hydrogen (secondary N) is 1. The maximum Gasteiger partial charge on any atom is 0.163 e. The van der Waals surface area contributed by atoms with Gasteiger partial charge in [-0.2, -0.15) is 0 Å². The molecule has 3 rings (SSSR count). The maximum absolute atomic E-state index is 10.7. The minimum Gasteiger partial charge on any atom is -0.504 e. The molecule has 1 aliphatic heterocycles. The van der Waals surface area contributed by atoms with E-state index in [2.05, 4.69) is 12.2 Å². The summed E-state index contributed by atoms with van der Waals surface area (Å²) < 4.78 is 10.6. The van der Waals surface area contributed by atoms with Crippen LogP contribution in [0.2, 0.25) is 0 Å². The molecule has 0 fully saturated rings. The average molecular weight is 299 g/mol. The summed E-state index contributed by atoms with van der Waals surface area (Å²) in [6.07, 6.45) is 0.881. The molecule has 0 aliphatic carbocycles. The van der Waals surface area contributed by atoms with Crippen molar-refractivity contribution in [1.82, 2.24) is 5.32 Å². The Labute approximate surface area is 130 Å². The lowest BCUT2D eigenvalue weighted by Gasteiger charge is -2.38. The highest BCUT2D eigenvalue weighted by Gasteiger charge is 2.37. The molecular weight excluding hydrogens is 278 g/mol. The molecule has 0 aromatic heterocycles. The summed E-state index contributed by atoms with van der Waals surface area (Å²) in [7, 11) is 3.23. The van der Waals surface area contributed by atoms with Crippen LogP contribution in [0, 0.1) is 0 Å². The second kappa shape index (κ2) is 5.54. The van der Waals surface area contributed by atoms with Crippen molar-refractivity contribution in [3.8, 4) is 17.2 Å². The van der Waals surface area contributed by atoms with Gasteiger partial charge in [0.15, 0.2) is 11.5 Å². The highest BCUT2D eigenvalue weighted by atomic mass is 16.5. The van der Waals surface area contributed by atoms with Crippen molar-refractivity contribution in [1.29, 1.82) is 0 Å². The summed E-state index contributed by atoms with van der Waals surface area (Å²) in [6, 6.07) is 11.8. The molecule has 116 valence electrons. The third-order valence-corrected chi connectivity index (χ3v) is 4.47. The first kappa shape index (κ1) is 14.7. The largest absolute Gasteiger partial charge is 0.504 e. The molecule has 1 aliphatic rings. The minimum absolute atomic E-state index is 0.206. The molecule has 1 unspecified atom stereocenters. The van der Waals surface area contributed by atoms with Gasteiger partial charge in [-0.1, -0.05) is 18.2 Å². The van der Waals surface area contributed by atoms with Crippen LogP contribution in [-0.4, -0.2) is 25.9 Å². The monoisotopic (exact) mass is 299 g/mol. The Bertz CT molecular complexity index is 699. The fraction of sp³-hybridized carbons (Fsp3) is 0.333. The van der Waals surface area contributed by atoms with Crippen LogP contribution >= 0.6 is 0 Å². The molecule has 2 aromatic rings. The van der Waals surface area contributed by atoms with Crippen LogP contribution in [-0.2, 0) is 12.0 Å². The van der Waals surface area contributed by atoms with E-state index >= 15 is 0 Å². The molecular formula is C18H21NO3. The topological polar surface area (TPSA) is 50.7 Å². The normalized spacial score (nSPS) is 20.3. The van der Waals surface area contributed by atoms with Gasteiger partial charge in [0, 0.05) is 12.1 Å². The number of ether oxygens (including phenoxy) is 2. The molecule has 4 heteroatoms. The van der Waals surface area contributed by atoms with E-state index in [1.54, 1.807) is 14.2 Å². The molecule has 0 bridgehead atoms. The first-order valence-corrected chi connectivity index (χ1v) is 7.39. The average Bonchev–Trinajstić information content (AvgIpc) is 2.55. The van der Waals surface area contributed by atoms with Gasteiger partial charge in [-0.25, -0.2) is 0 Å². The smallest absolute Gasteiger partial charge is 0.163 e. The number of hydrogen-bond donors (Lipinski definition) is 2. The molecule has 1 heterocycles. The summed E-state index contributed by atoms with van der Waals surface area (Å²) in [5.74, 6) is 1.50. The van der Waals surface area contributed by atoms with Crippen LogP contribution < -0.4 is 14.8 Å². The highest BCUT2D eigenvalue weighted by Crippen LogP contribution is 2.44. The van der Waals surface area contributed by atoms with Gasteiger partial charge in [0.2, 0.25) is 0 Å². The minimum atomic E-state index is -0.485. The molecule has 0 spiro atoms. The van der Waals surface area contributed by atoms with Gasteiger partial charge >= 0.3 is 0 Å². The molecule has 0 amide bonds. The van der Waals surface area contributed by atoms with E-state index in [4.69, 9.17) is 9.47 Å². The third kappa shape index (κ3) is 2.20. The lowest BCUT2D eigenvalue weighted by molar-refractivity contribution is 0.344. The summed E-state index contributed by atoms with van der Waals surface area (Å²) in [4.78, 5) is 0. The molecule has 4 nitrogen and oxygen atoms in total. The van der Waals surface area contributed by atoms with E-state index in [9.17, 15) is 5.11 Å². The molecule has 0 saturated carbocycles. The third-order valence-electron chi connectivity index (χ3n) is 4.47. The van der Waals surface area contributed by atoms with Gasteiger partial charge < -0.3 is 19.9 Å². The maximum atomic E-state index is 10.7. The Morgan fingerprint density at radius 2 is 1.95 bits per heavy atom. The van der Waals surface area contributed by atoms with Crippen molar-refractivity contribution in [3.63, 3.8) is 0 Å². The van der Waals surface area contributed by atoms with Crippen molar-refractivity contribution in [2.45, 2.75) is 18.9 Å². The van der Waals surface area contributed by atoms with E-state index in [1.165, 1.54) is 0 Å². The van der Waals surface area contributed by atoms with Gasteiger partial charge in [-0.3, -0.25) is 0 Å². The molecule has 0 radical (unpaired) electrons. The highest BCUT2D eigenvalue weighted by molar-refractivity contribution is 5.58. The van der Waals surface area contributed by atoms with Crippen LogP contribution in [0.1, 0.15) is 23.6 Å². The van der Waals surface area contributed by atoms with E-state index in [0.717, 1.165) is 35.4 Å². The zero-order valence-electron chi connectivity index (χ0n) is 13.1. The molecule has 1 atom stereocenters. The summed E-state index contributed by atoms with van der Waals surface area (Å²) in [5, 5.41) is 14.2. The fourth-order valence-corrected chi connectivity index (χ4v) is 3.26. The first-order valence-electron chi connectivity index (χ1n) is 7.39. The number of fused-ring (bicyclic) bond motifs is 1. The van der Waals surface area contributed by atoms with Crippen molar-refractivity contribution in [2.75, 3.05) is 20.8 Å². The number of aromatic hydroxyl groups is 1. The van der Waals surface area contributed by atoms with Gasteiger partial charge in [-0.15, -0.1) is 0 Å². The molecule has 0 saturated heterocycles. The van der Waals surface area contributed by atoms with Crippen molar-refractivity contribution in [3.05, 3.63) is 53.1 Å². The van der Waals surface area contributed by atoms with E-state index in [-0.39, 0.29) is 5.75 Å². The SMILES string of the molecule is COc1cccc(C2(C)NCCc3ccc(OC)c(O)c32)c1. The van der Waals surface area contributed by atoms with Crippen LogP contribution in [0.3, 0.4) is 0 Å². The Kier molecular flexibility index (Phi) is 3.71. The number of methoxy groups -OCH3 is 2. The number of rotatable bonds is 3. The summed E-state index contributed by atoms with van der Waals surface area (Å²) in [5.41, 5.74) is 2.59.